The summed E-state index contributed by atoms with van der Waals surface area (Å²) in [6, 6.07) is 21.6. The summed E-state index contributed by atoms with van der Waals surface area (Å²) < 4.78 is 60.6. The van der Waals surface area contributed by atoms with Gasteiger partial charge in [0.1, 0.15) is 11.9 Å². The van der Waals surface area contributed by atoms with Gasteiger partial charge in [0, 0.05) is 43.9 Å². The Hall–Kier alpha value is -4.86. The van der Waals surface area contributed by atoms with Crippen LogP contribution in [0.15, 0.2) is 85.2 Å². The Bertz CT molecular complexity index is 1810. The maximum atomic E-state index is 14.1. The van der Waals surface area contributed by atoms with Crippen LogP contribution >= 0.6 is 0 Å². The summed E-state index contributed by atoms with van der Waals surface area (Å²) >= 11 is 0. The number of nitrogen functional groups attached to an aromatic ring is 1. The van der Waals surface area contributed by atoms with Crippen molar-refractivity contribution in [3.05, 3.63) is 90.9 Å². The fraction of sp³-hybridized carbons (Fsp3) is 0.343. The van der Waals surface area contributed by atoms with Gasteiger partial charge in [-0.05, 0) is 15.4 Å². The van der Waals surface area contributed by atoms with Crippen LogP contribution < -0.4 is 25.9 Å². The molecule has 0 unspecified atom stereocenters. The second kappa shape index (κ2) is 13.8. The third kappa shape index (κ3) is 6.80. The molecule has 2 aliphatic rings. The van der Waals surface area contributed by atoms with E-state index in [9.17, 15) is 18.0 Å². The zero-order chi connectivity index (χ0) is 35.7. The topological polar surface area (TPSA) is 129 Å². The molecule has 2 aliphatic heterocycles. The molecule has 0 saturated carbocycles. The number of hydrogen-bond acceptors (Lipinski definition) is 10. The monoisotopic (exact) mass is 705 g/mol. The number of alkyl halides is 3. The van der Waals surface area contributed by atoms with E-state index in [0.29, 0.717) is 26.3 Å². The van der Waals surface area contributed by atoms with E-state index in [1.54, 1.807) is 4.90 Å². The van der Waals surface area contributed by atoms with Gasteiger partial charge in [-0.2, -0.15) is 18.2 Å². The molecule has 2 N–H and O–H groups in total. The van der Waals surface area contributed by atoms with Crippen molar-refractivity contribution < 1.29 is 31.9 Å². The van der Waals surface area contributed by atoms with Crippen molar-refractivity contribution >= 4 is 42.5 Å². The minimum absolute atomic E-state index is 0.00755. The normalized spacial score (nSPS) is 17.3. The highest BCUT2D eigenvalue weighted by Gasteiger charge is 2.50. The second-order valence-corrected chi connectivity index (χ2v) is 17.3. The summed E-state index contributed by atoms with van der Waals surface area (Å²) in [7, 11) is -2.87. The van der Waals surface area contributed by atoms with Gasteiger partial charge in [-0.15, -0.1) is 0 Å². The molecule has 2 aromatic heterocycles. The summed E-state index contributed by atoms with van der Waals surface area (Å²) in [4.78, 5) is 32.7. The van der Waals surface area contributed by atoms with E-state index in [-0.39, 0.29) is 41.2 Å². The van der Waals surface area contributed by atoms with Gasteiger partial charge in [0.2, 0.25) is 11.9 Å². The van der Waals surface area contributed by atoms with Gasteiger partial charge >= 0.3 is 12.3 Å². The van der Waals surface area contributed by atoms with Crippen molar-refractivity contribution in [2.75, 3.05) is 48.4 Å². The minimum Gasteiger partial charge on any atom is -0.439 e. The quantitative estimate of drug-likeness (QED) is 0.233. The number of aromatic nitrogens is 4. The molecule has 0 bridgehead atoms. The Morgan fingerprint density at radius 2 is 1.60 bits per heavy atom. The van der Waals surface area contributed by atoms with Crippen molar-refractivity contribution in [1.29, 1.82) is 0 Å². The SMILES string of the molecule is C=C1[C@@H](CCO[Si](c2ccccc2)(c2ccccc2)C(C)(C)C)OC(=O)N1c1cc(-c2cnc(N)nc2C(F)(F)F)nc(N2CCOCC2)n1. The Labute approximate surface area is 289 Å². The first-order chi connectivity index (χ1) is 23.8. The molecule has 4 heterocycles. The molecule has 0 radical (unpaired) electrons. The van der Waals surface area contributed by atoms with Crippen molar-refractivity contribution in [1.82, 2.24) is 19.9 Å². The van der Waals surface area contributed by atoms with Gasteiger partial charge in [0.15, 0.2) is 5.69 Å². The van der Waals surface area contributed by atoms with Gasteiger partial charge in [0.25, 0.3) is 8.32 Å². The molecule has 1 atom stereocenters. The maximum Gasteiger partial charge on any atom is 0.434 e. The summed E-state index contributed by atoms with van der Waals surface area (Å²) in [6.07, 6.45) is -5.17. The fourth-order valence-corrected chi connectivity index (χ4v) is 11.0. The summed E-state index contributed by atoms with van der Waals surface area (Å²) in [5.41, 5.74) is 3.96. The van der Waals surface area contributed by atoms with Crippen LogP contribution in [0, 0.1) is 0 Å². The van der Waals surface area contributed by atoms with Crippen LogP contribution in [0.4, 0.5) is 35.7 Å². The van der Waals surface area contributed by atoms with Crippen molar-refractivity contribution in [3.63, 3.8) is 0 Å². The Morgan fingerprint density at radius 3 is 2.18 bits per heavy atom. The fourth-order valence-electron chi connectivity index (χ4n) is 6.43. The molecule has 2 saturated heterocycles. The molecule has 15 heteroatoms. The third-order valence-corrected chi connectivity index (χ3v) is 13.8. The van der Waals surface area contributed by atoms with E-state index in [1.807, 2.05) is 36.4 Å². The van der Waals surface area contributed by atoms with Crippen LogP contribution in [0.3, 0.4) is 0 Å². The highest BCUT2D eigenvalue weighted by atomic mass is 28.4. The van der Waals surface area contributed by atoms with Crippen LogP contribution in [0.1, 0.15) is 32.9 Å². The summed E-state index contributed by atoms with van der Waals surface area (Å²) in [6.45, 7) is 12.4. The number of amides is 1. The lowest BCUT2D eigenvalue weighted by molar-refractivity contribution is -0.140. The average molecular weight is 706 g/mol. The van der Waals surface area contributed by atoms with Crippen LogP contribution in [-0.4, -0.2) is 73.4 Å². The second-order valence-electron chi connectivity index (χ2n) is 13.0. The van der Waals surface area contributed by atoms with Crippen LogP contribution in [0.5, 0.6) is 0 Å². The van der Waals surface area contributed by atoms with Crippen molar-refractivity contribution in [3.8, 4) is 11.3 Å². The molecule has 11 nitrogen and oxygen atoms in total. The number of halogens is 3. The van der Waals surface area contributed by atoms with E-state index in [1.165, 1.54) is 6.07 Å². The number of hydrogen-bond donors (Lipinski definition) is 1. The lowest BCUT2D eigenvalue weighted by Gasteiger charge is -2.43. The first-order valence-corrected chi connectivity index (χ1v) is 18.1. The van der Waals surface area contributed by atoms with E-state index < -0.39 is 43.9 Å². The van der Waals surface area contributed by atoms with Crippen LogP contribution in [-0.2, 0) is 20.1 Å². The number of nitrogens with two attached hydrogens (primary N) is 1. The molecule has 0 aliphatic carbocycles. The Morgan fingerprint density at radius 1 is 0.980 bits per heavy atom. The molecule has 1 amide bonds. The number of benzene rings is 2. The first kappa shape index (κ1) is 35.0. The van der Waals surface area contributed by atoms with E-state index in [0.717, 1.165) is 21.5 Å². The zero-order valence-corrected chi connectivity index (χ0v) is 29.0. The number of nitrogens with zero attached hydrogens (tertiary/aromatic N) is 6. The average Bonchev–Trinajstić information content (AvgIpc) is 3.38. The molecule has 6 rings (SSSR count). The van der Waals surface area contributed by atoms with Crippen molar-refractivity contribution in [2.45, 2.75) is 44.5 Å². The molecule has 2 aromatic carbocycles. The molecule has 0 spiro atoms. The number of anilines is 3. The molecule has 4 aromatic rings. The van der Waals surface area contributed by atoms with Crippen molar-refractivity contribution in [2.24, 2.45) is 0 Å². The number of cyclic esters (lactones) is 1. The van der Waals surface area contributed by atoms with E-state index in [4.69, 9.17) is 19.6 Å². The number of morpholine rings is 1. The highest BCUT2D eigenvalue weighted by Crippen LogP contribution is 2.39. The van der Waals surface area contributed by atoms with Crippen LogP contribution in [0.25, 0.3) is 11.3 Å². The van der Waals surface area contributed by atoms with E-state index in [2.05, 4.69) is 71.6 Å². The van der Waals surface area contributed by atoms with Gasteiger partial charge in [0.05, 0.1) is 24.6 Å². The lowest BCUT2D eigenvalue weighted by atomic mass is 10.1. The molecule has 262 valence electrons. The molecular formula is C35H38F3N7O4Si. The zero-order valence-electron chi connectivity index (χ0n) is 28.0. The lowest BCUT2D eigenvalue weighted by Crippen LogP contribution is -2.66. The van der Waals surface area contributed by atoms with Crippen LogP contribution in [0.2, 0.25) is 5.04 Å². The molecule has 50 heavy (non-hydrogen) atoms. The molecular weight excluding hydrogens is 668 g/mol. The van der Waals surface area contributed by atoms with Gasteiger partial charge in [-0.3, -0.25) is 0 Å². The van der Waals surface area contributed by atoms with Gasteiger partial charge < -0.3 is 24.5 Å². The Kier molecular flexibility index (Phi) is 9.66. The number of carbonyl (C=O) groups is 1. The smallest absolute Gasteiger partial charge is 0.434 e. The Balaban J connectivity index is 1.32. The first-order valence-electron chi connectivity index (χ1n) is 16.2. The predicted octanol–water partition coefficient (Wildman–Crippen LogP) is 5.18. The number of ether oxygens (including phenoxy) is 2. The number of rotatable bonds is 9. The maximum absolute atomic E-state index is 14.1. The van der Waals surface area contributed by atoms with Gasteiger partial charge in [-0.25, -0.2) is 24.6 Å². The molecule has 2 fully saturated rings. The largest absolute Gasteiger partial charge is 0.439 e. The standard InChI is InChI=1S/C35H38F3N7O4Si/c1-23-28(15-18-48-50(34(2,3)4,24-11-7-5-8-12-24)25-13-9-6-10-14-25)49-33(46)45(23)29-21-27(41-32(42-29)44-16-19-47-20-17-44)26-22-40-31(39)43-30(26)35(36,37)38/h5-14,21-22,28H,1,15-20H2,2-4H3,(H2,39,40,43)/t28-/m1/s1. The highest BCUT2D eigenvalue weighted by molar-refractivity contribution is 6.99. The van der Waals surface area contributed by atoms with Gasteiger partial charge in [-0.1, -0.05) is 88.0 Å². The third-order valence-electron chi connectivity index (χ3n) is 8.78. The van der Waals surface area contributed by atoms with E-state index >= 15 is 0 Å². The number of carbonyl (C=O) groups excluding carboxylic acids is 1. The predicted molar refractivity (Wildman–Crippen MR) is 186 cm³/mol. The summed E-state index contributed by atoms with van der Waals surface area (Å²) in [5.74, 6) is -0.444. The summed E-state index contributed by atoms with van der Waals surface area (Å²) in [5, 5.41) is 1.95. The minimum atomic E-state index is -4.86.